The summed E-state index contributed by atoms with van der Waals surface area (Å²) in [4.78, 5) is 16.7. The van der Waals surface area contributed by atoms with Gasteiger partial charge in [0.05, 0.1) is 22.7 Å². The van der Waals surface area contributed by atoms with E-state index in [4.69, 9.17) is 14.9 Å². The molecule has 14 heteroatoms. The molecule has 0 amide bonds. The molecule has 0 spiro atoms. The number of nitrogen functional groups attached to an aromatic ring is 1. The molecule has 11 nitrogen and oxygen atoms in total. The number of fused-ring (bicyclic) bond motifs is 3. The molecule has 204 valence electrons. The number of nitrogens with two attached hydrogens (primary N) is 1. The van der Waals surface area contributed by atoms with Crippen molar-refractivity contribution >= 4 is 34.9 Å². The summed E-state index contributed by atoms with van der Waals surface area (Å²) in [6.07, 6.45) is 1.51. The van der Waals surface area contributed by atoms with Crippen molar-refractivity contribution in [2.24, 2.45) is 0 Å². The Bertz CT molecular complexity index is 1500. The Morgan fingerprint density at radius 3 is 2.69 bits per heavy atom. The lowest BCUT2D eigenvalue weighted by molar-refractivity contribution is 0.136. The average Bonchev–Trinajstić information content (AvgIpc) is 3.66. The molecule has 7 rings (SSSR count). The Hall–Kier alpha value is -3.62. The fraction of sp³-hybridized carbons (Fsp3) is 0.400. The third kappa shape index (κ3) is 4.51. The van der Waals surface area contributed by atoms with Crippen molar-refractivity contribution in [2.75, 3.05) is 73.8 Å². The summed E-state index contributed by atoms with van der Waals surface area (Å²) in [5.41, 5.74) is 7.29. The number of halogens is 2. The summed E-state index contributed by atoms with van der Waals surface area (Å²) >= 11 is 1.66. The fourth-order valence-corrected chi connectivity index (χ4v) is 6.11. The number of rotatable bonds is 7. The van der Waals surface area contributed by atoms with Crippen LogP contribution in [0.4, 0.5) is 26.2 Å². The first-order valence-electron chi connectivity index (χ1n) is 12.8. The Morgan fingerprint density at radius 2 is 1.95 bits per heavy atom. The third-order valence-electron chi connectivity index (χ3n) is 7.29. The van der Waals surface area contributed by atoms with Crippen molar-refractivity contribution in [3.63, 3.8) is 0 Å². The van der Waals surface area contributed by atoms with Crippen molar-refractivity contribution in [1.29, 1.82) is 0 Å². The Kier molecular flexibility index (Phi) is 6.16. The van der Waals surface area contributed by atoms with E-state index in [9.17, 15) is 8.78 Å². The minimum Gasteiger partial charge on any atom is -0.485 e. The van der Waals surface area contributed by atoms with Crippen molar-refractivity contribution in [3.05, 3.63) is 42.2 Å². The molecule has 4 aromatic rings. The van der Waals surface area contributed by atoms with Crippen LogP contribution in [0.5, 0.6) is 5.75 Å². The maximum absolute atomic E-state index is 14.7. The number of furan rings is 1. The molecule has 3 aromatic heterocycles. The monoisotopic (exact) mass is 555 g/mol. The zero-order chi connectivity index (χ0) is 26.5. The Balaban J connectivity index is 0.996. The second-order valence-corrected chi connectivity index (χ2v) is 10.7. The molecule has 3 aliphatic heterocycles. The lowest BCUT2D eigenvalue weighted by Gasteiger charge is -2.37. The highest BCUT2D eigenvalue weighted by molar-refractivity contribution is 8.00. The van der Waals surface area contributed by atoms with Gasteiger partial charge in [-0.2, -0.15) is 9.50 Å². The van der Waals surface area contributed by atoms with Gasteiger partial charge in [-0.15, -0.1) is 5.10 Å². The molecule has 0 aliphatic carbocycles. The zero-order valence-corrected chi connectivity index (χ0v) is 21.8. The fourth-order valence-electron chi connectivity index (χ4n) is 5.00. The van der Waals surface area contributed by atoms with Gasteiger partial charge in [0.1, 0.15) is 11.9 Å². The van der Waals surface area contributed by atoms with Crippen molar-refractivity contribution < 1.29 is 17.9 Å². The topological polar surface area (TPSA) is 113 Å². The van der Waals surface area contributed by atoms with Crippen LogP contribution in [-0.4, -0.2) is 88.8 Å². The second-order valence-electron chi connectivity index (χ2n) is 9.77. The van der Waals surface area contributed by atoms with Gasteiger partial charge in [0.2, 0.25) is 11.8 Å². The first-order valence-corrected chi connectivity index (χ1v) is 13.8. The van der Waals surface area contributed by atoms with Crippen LogP contribution in [0.2, 0.25) is 0 Å². The minimum atomic E-state index is -0.666. The summed E-state index contributed by atoms with van der Waals surface area (Å²) < 4.78 is 41.6. The Morgan fingerprint density at radius 1 is 1.10 bits per heavy atom. The van der Waals surface area contributed by atoms with E-state index in [-0.39, 0.29) is 17.8 Å². The summed E-state index contributed by atoms with van der Waals surface area (Å²) in [7, 11) is 0. The summed E-state index contributed by atoms with van der Waals surface area (Å²) in [6, 6.07) is 6.02. The van der Waals surface area contributed by atoms with Gasteiger partial charge in [-0.25, -0.2) is 13.8 Å². The molecule has 3 aliphatic rings. The van der Waals surface area contributed by atoms with Gasteiger partial charge in [-0.3, -0.25) is 4.90 Å². The van der Waals surface area contributed by atoms with E-state index in [1.807, 2.05) is 11.0 Å². The molecule has 3 N–H and O–H groups in total. The number of hydrogen-bond acceptors (Lipinski definition) is 11. The first-order chi connectivity index (χ1) is 19.0. The van der Waals surface area contributed by atoms with Gasteiger partial charge in [0.15, 0.2) is 28.8 Å². The predicted molar refractivity (Wildman–Crippen MR) is 143 cm³/mol. The van der Waals surface area contributed by atoms with Crippen molar-refractivity contribution in [3.8, 4) is 17.3 Å². The second kappa shape index (κ2) is 9.84. The van der Waals surface area contributed by atoms with E-state index in [1.165, 1.54) is 6.07 Å². The van der Waals surface area contributed by atoms with E-state index in [1.54, 1.807) is 28.6 Å². The Labute approximate surface area is 226 Å². The average molecular weight is 556 g/mol. The number of ether oxygens (including phenoxy) is 1. The predicted octanol–water partition coefficient (Wildman–Crippen LogP) is 2.29. The van der Waals surface area contributed by atoms with Crippen LogP contribution in [0.1, 0.15) is 0 Å². The minimum absolute atomic E-state index is 0.0766. The largest absolute Gasteiger partial charge is 0.485 e. The van der Waals surface area contributed by atoms with Gasteiger partial charge in [0, 0.05) is 64.5 Å². The molecule has 0 unspecified atom stereocenters. The molecule has 2 saturated heterocycles. The van der Waals surface area contributed by atoms with E-state index in [0.29, 0.717) is 49.1 Å². The van der Waals surface area contributed by atoms with Crippen molar-refractivity contribution in [2.45, 2.75) is 11.0 Å². The normalized spacial score (nSPS) is 18.1. The number of nitrogens with one attached hydrogen (secondary N) is 1. The molecule has 0 saturated carbocycles. The highest BCUT2D eigenvalue weighted by Gasteiger charge is 2.29. The zero-order valence-electron chi connectivity index (χ0n) is 21.0. The summed E-state index contributed by atoms with van der Waals surface area (Å²) in [5.74, 6) is 1.74. The van der Waals surface area contributed by atoms with E-state index < -0.39 is 11.6 Å². The maximum atomic E-state index is 14.7. The van der Waals surface area contributed by atoms with Crippen LogP contribution in [0.3, 0.4) is 0 Å². The lowest BCUT2D eigenvalue weighted by atomic mass is 10.2. The molecule has 2 fully saturated rings. The number of hydrogen-bond donors (Lipinski definition) is 2. The molecule has 0 atom stereocenters. The maximum Gasteiger partial charge on any atom is 0.225 e. The SMILES string of the molecule is Nc1nc2c(c3nc(-c4ccco4)nn13)SCN2CCN1CCN(c2cc(OC3CNC3)c(F)cc2F)CC1. The molecular weight excluding hydrogens is 528 g/mol. The van der Waals surface area contributed by atoms with Crippen LogP contribution in [0.15, 0.2) is 39.8 Å². The van der Waals surface area contributed by atoms with Crippen LogP contribution < -0.4 is 25.6 Å². The van der Waals surface area contributed by atoms with Crippen molar-refractivity contribution in [1.82, 2.24) is 29.8 Å². The van der Waals surface area contributed by atoms with Gasteiger partial charge < -0.3 is 30.0 Å². The summed E-state index contributed by atoms with van der Waals surface area (Å²) in [6.45, 7) is 5.72. The van der Waals surface area contributed by atoms with E-state index >= 15 is 0 Å². The number of piperazine rings is 1. The molecule has 6 heterocycles. The number of anilines is 3. The van der Waals surface area contributed by atoms with Crippen LogP contribution in [-0.2, 0) is 0 Å². The van der Waals surface area contributed by atoms with Gasteiger partial charge in [-0.1, -0.05) is 11.8 Å². The van der Waals surface area contributed by atoms with Gasteiger partial charge >= 0.3 is 0 Å². The number of nitrogens with zero attached hydrogens (tertiary/aromatic N) is 7. The van der Waals surface area contributed by atoms with Gasteiger partial charge in [-0.05, 0) is 12.1 Å². The molecular formula is C25H27F2N9O2S. The molecule has 0 bridgehead atoms. The number of thioether (sulfide) groups is 1. The number of benzene rings is 1. The van der Waals surface area contributed by atoms with Gasteiger partial charge in [0.25, 0.3) is 0 Å². The first kappa shape index (κ1) is 24.4. The quantitative estimate of drug-likeness (QED) is 0.350. The summed E-state index contributed by atoms with van der Waals surface area (Å²) in [5, 5.41) is 7.55. The molecule has 0 radical (unpaired) electrons. The third-order valence-corrected chi connectivity index (χ3v) is 8.39. The molecule has 1 aromatic carbocycles. The number of aromatic nitrogens is 4. The highest BCUT2D eigenvalue weighted by Crippen LogP contribution is 2.40. The van der Waals surface area contributed by atoms with Crippen LogP contribution >= 0.6 is 11.8 Å². The smallest absolute Gasteiger partial charge is 0.225 e. The van der Waals surface area contributed by atoms with E-state index in [0.717, 1.165) is 48.8 Å². The lowest BCUT2D eigenvalue weighted by Crippen LogP contribution is -2.50. The van der Waals surface area contributed by atoms with Crippen LogP contribution in [0, 0.1) is 11.6 Å². The van der Waals surface area contributed by atoms with Crippen LogP contribution in [0.25, 0.3) is 17.2 Å². The van der Waals surface area contributed by atoms with E-state index in [2.05, 4.69) is 30.2 Å². The molecule has 39 heavy (non-hydrogen) atoms. The standard InChI is InChI=1S/C25H27F2N9O2S/c26-16-10-17(27)20(38-15-12-29-13-15)11-18(16)34-6-3-33(4-7-34)5-8-35-14-39-21-23(35)31-25(28)36-24(21)30-22(32-36)19-2-1-9-37-19/h1-2,9-11,15,29H,3-8,12-14H2,(H2,28,31). The highest BCUT2D eigenvalue weighted by atomic mass is 32.2.